The van der Waals surface area contributed by atoms with E-state index in [9.17, 15) is 8.42 Å². The van der Waals surface area contributed by atoms with Crippen molar-refractivity contribution in [3.63, 3.8) is 0 Å². The number of fused-ring (bicyclic) bond motifs is 1. The van der Waals surface area contributed by atoms with Crippen molar-refractivity contribution in [2.24, 2.45) is 5.92 Å². The van der Waals surface area contributed by atoms with Gasteiger partial charge in [0.1, 0.15) is 11.3 Å². The second kappa shape index (κ2) is 9.20. The molecule has 4 rings (SSSR count). The summed E-state index contributed by atoms with van der Waals surface area (Å²) in [6.07, 6.45) is 5.66. The van der Waals surface area contributed by atoms with E-state index in [2.05, 4.69) is 16.5 Å². The lowest BCUT2D eigenvalue weighted by Crippen LogP contribution is -2.09. The molecule has 6 nitrogen and oxygen atoms in total. The van der Waals surface area contributed by atoms with Gasteiger partial charge in [-0.3, -0.25) is 0 Å². The van der Waals surface area contributed by atoms with E-state index in [-0.39, 0.29) is 15.7 Å². The molecule has 9 heteroatoms. The van der Waals surface area contributed by atoms with Crippen LogP contribution in [0.4, 0.5) is 5.82 Å². The number of rotatable bonds is 9. The van der Waals surface area contributed by atoms with Gasteiger partial charge in [0.15, 0.2) is 15.7 Å². The van der Waals surface area contributed by atoms with E-state index in [1.165, 1.54) is 25.0 Å². The van der Waals surface area contributed by atoms with Crippen LogP contribution < -0.4 is 5.73 Å². The van der Waals surface area contributed by atoms with Crippen LogP contribution in [0.3, 0.4) is 0 Å². The van der Waals surface area contributed by atoms with E-state index < -0.39 is 9.84 Å². The lowest BCUT2D eigenvalue weighted by atomic mass is 10.2. The minimum atomic E-state index is -3.44. The molecule has 2 N–H and O–H groups in total. The maximum atomic E-state index is 12.7. The first-order valence-electron chi connectivity index (χ1n) is 11.0. The summed E-state index contributed by atoms with van der Waals surface area (Å²) in [6.45, 7) is 4.81. The van der Waals surface area contributed by atoms with Crippen molar-refractivity contribution in [1.82, 2.24) is 14.5 Å². The van der Waals surface area contributed by atoms with Gasteiger partial charge in [-0.25, -0.2) is 18.4 Å². The average Bonchev–Trinajstić information content (AvgIpc) is 3.45. The Morgan fingerprint density at radius 1 is 1.12 bits per heavy atom. The Hall–Kier alpha value is -1.83. The third-order valence-corrected chi connectivity index (χ3v) is 8.68. The molecule has 3 aromatic rings. The van der Waals surface area contributed by atoms with Crippen LogP contribution in [-0.2, 0) is 22.8 Å². The van der Waals surface area contributed by atoms with Crippen molar-refractivity contribution in [2.75, 3.05) is 11.5 Å². The molecular formula is C23H28Cl2N4O2S. The van der Waals surface area contributed by atoms with Crippen molar-refractivity contribution in [3.05, 3.63) is 45.3 Å². The van der Waals surface area contributed by atoms with Gasteiger partial charge in [-0.1, -0.05) is 29.6 Å². The summed E-state index contributed by atoms with van der Waals surface area (Å²) in [5.74, 6) is 2.30. The molecule has 172 valence electrons. The molecule has 0 spiro atoms. The Balaban J connectivity index is 1.45. The van der Waals surface area contributed by atoms with E-state index >= 15 is 0 Å². The zero-order valence-corrected chi connectivity index (χ0v) is 20.7. The average molecular weight is 495 g/mol. The van der Waals surface area contributed by atoms with Crippen LogP contribution in [0, 0.1) is 19.8 Å². The largest absolute Gasteiger partial charge is 0.382 e. The first kappa shape index (κ1) is 23.3. The first-order valence-corrected chi connectivity index (χ1v) is 13.4. The van der Waals surface area contributed by atoms with E-state index in [1.807, 2.05) is 6.92 Å². The summed E-state index contributed by atoms with van der Waals surface area (Å²) >= 11 is 12.0. The highest BCUT2D eigenvalue weighted by Gasteiger charge is 2.26. The van der Waals surface area contributed by atoms with Gasteiger partial charge in [-0.2, -0.15) is 0 Å². The van der Waals surface area contributed by atoms with Crippen molar-refractivity contribution in [3.8, 4) is 0 Å². The van der Waals surface area contributed by atoms with Gasteiger partial charge in [0, 0.05) is 23.7 Å². The number of sulfone groups is 1. The summed E-state index contributed by atoms with van der Waals surface area (Å²) in [7, 11) is -3.44. The monoisotopic (exact) mass is 494 g/mol. The van der Waals surface area contributed by atoms with Gasteiger partial charge < -0.3 is 10.3 Å². The molecule has 1 aromatic carbocycles. The molecule has 0 aliphatic heterocycles. The van der Waals surface area contributed by atoms with Gasteiger partial charge in [-0.15, -0.1) is 0 Å². The third kappa shape index (κ3) is 4.90. The fourth-order valence-electron chi connectivity index (χ4n) is 4.10. The van der Waals surface area contributed by atoms with Crippen LogP contribution in [0.15, 0.2) is 23.1 Å². The predicted molar refractivity (Wildman–Crippen MR) is 130 cm³/mol. The Labute approximate surface area is 199 Å². The van der Waals surface area contributed by atoms with Crippen LogP contribution in [0.2, 0.25) is 10.0 Å². The molecule has 0 bridgehead atoms. The number of aryl methyl sites for hydroxylation is 3. The number of imidazole rings is 1. The predicted octanol–water partition coefficient (Wildman–Crippen LogP) is 5.53. The second-order valence-electron chi connectivity index (χ2n) is 8.69. The number of benzene rings is 1. The Morgan fingerprint density at radius 2 is 1.88 bits per heavy atom. The van der Waals surface area contributed by atoms with Gasteiger partial charge in [0.05, 0.1) is 21.2 Å². The zero-order valence-electron chi connectivity index (χ0n) is 18.4. The van der Waals surface area contributed by atoms with Crippen molar-refractivity contribution < 1.29 is 8.42 Å². The Morgan fingerprint density at radius 3 is 2.56 bits per heavy atom. The van der Waals surface area contributed by atoms with Crippen molar-refractivity contribution >= 4 is 49.9 Å². The van der Waals surface area contributed by atoms with Gasteiger partial charge in [0.2, 0.25) is 0 Å². The van der Waals surface area contributed by atoms with Crippen LogP contribution in [-0.4, -0.2) is 28.7 Å². The standard InChI is InChI=1S/C23H28Cl2N4O2S/c1-14-15(2)27-23(26)21-22(14)29(20(28-21)12-16-6-7-16)10-4-3-5-11-32(30,31)19-9-8-17(24)13-18(19)25/h8-9,13,16H,3-7,10-12H2,1-2H3,(H2,26,27). The van der Waals surface area contributed by atoms with Crippen LogP contribution >= 0.6 is 23.2 Å². The van der Waals surface area contributed by atoms with Gasteiger partial charge in [0.25, 0.3) is 0 Å². The van der Waals surface area contributed by atoms with Gasteiger partial charge >= 0.3 is 0 Å². The topological polar surface area (TPSA) is 90.9 Å². The van der Waals surface area contributed by atoms with Crippen LogP contribution in [0.5, 0.6) is 0 Å². The molecule has 0 saturated heterocycles. The highest BCUT2D eigenvalue weighted by Crippen LogP contribution is 2.35. The number of nitrogens with two attached hydrogens (primary N) is 1. The highest BCUT2D eigenvalue weighted by molar-refractivity contribution is 7.91. The SMILES string of the molecule is Cc1nc(N)c2nc(CC3CC3)n(CCCCCS(=O)(=O)c3ccc(Cl)cc3Cl)c2c1C. The molecule has 1 fully saturated rings. The lowest BCUT2D eigenvalue weighted by Gasteiger charge is -2.12. The number of nitrogen functional groups attached to an aromatic ring is 1. The number of aromatic nitrogens is 3. The van der Waals surface area contributed by atoms with E-state index in [0.29, 0.717) is 23.2 Å². The zero-order chi connectivity index (χ0) is 23.0. The summed E-state index contributed by atoms with van der Waals surface area (Å²) in [5.41, 5.74) is 10.0. The number of nitrogens with zero attached hydrogens (tertiary/aromatic N) is 3. The molecule has 0 radical (unpaired) electrons. The number of hydrogen-bond donors (Lipinski definition) is 1. The number of anilines is 1. The van der Waals surface area contributed by atoms with E-state index in [1.54, 1.807) is 6.07 Å². The lowest BCUT2D eigenvalue weighted by molar-refractivity contribution is 0.569. The van der Waals surface area contributed by atoms with Crippen molar-refractivity contribution in [2.45, 2.75) is 63.8 Å². The van der Waals surface area contributed by atoms with E-state index in [0.717, 1.165) is 53.9 Å². The molecule has 32 heavy (non-hydrogen) atoms. The maximum absolute atomic E-state index is 12.7. The van der Waals surface area contributed by atoms with Crippen LogP contribution in [0.25, 0.3) is 11.0 Å². The molecule has 1 aliphatic carbocycles. The Bertz CT molecular complexity index is 1270. The normalized spacial score (nSPS) is 14.4. The maximum Gasteiger partial charge on any atom is 0.179 e. The summed E-state index contributed by atoms with van der Waals surface area (Å²) in [5, 5.41) is 0.592. The molecule has 0 unspecified atom stereocenters. The van der Waals surface area contributed by atoms with Gasteiger partial charge in [-0.05, 0) is 69.2 Å². The fourth-order valence-corrected chi connectivity index (χ4v) is 6.30. The quantitative estimate of drug-likeness (QED) is 0.394. The smallest absolute Gasteiger partial charge is 0.179 e. The number of unbranched alkanes of at least 4 members (excludes halogenated alkanes) is 2. The fraction of sp³-hybridized carbons (Fsp3) is 0.478. The molecule has 0 amide bonds. The highest BCUT2D eigenvalue weighted by atomic mass is 35.5. The van der Waals surface area contributed by atoms with Crippen molar-refractivity contribution in [1.29, 1.82) is 0 Å². The summed E-state index contributed by atoms with van der Waals surface area (Å²) in [4.78, 5) is 9.43. The number of pyridine rings is 1. The molecule has 2 aromatic heterocycles. The first-order chi connectivity index (χ1) is 15.2. The van der Waals surface area contributed by atoms with E-state index in [4.69, 9.17) is 33.9 Å². The van der Waals surface area contributed by atoms with Crippen LogP contribution in [0.1, 0.15) is 49.2 Å². The second-order valence-corrected chi connectivity index (χ2v) is 11.6. The summed E-state index contributed by atoms with van der Waals surface area (Å²) < 4.78 is 27.6. The molecule has 1 aliphatic rings. The molecular weight excluding hydrogens is 467 g/mol. The minimum absolute atomic E-state index is 0.0585. The Kier molecular flexibility index (Phi) is 6.71. The summed E-state index contributed by atoms with van der Waals surface area (Å²) in [6, 6.07) is 4.49. The molecule has 1 saturated carbocycles. The number of hydrogen-bond acceptors (Lipinski definition) is 5. The third-order valence-electron chi connectivity index (χ3n) is 6.17. The number of halogens is 2. The minimum Gasteiger partial charge on any atom is -0.382 e. The molecule has 2 heterocycles. The molecule has 0 atom stereocenters.